The van der Waals surface area contributed by atoms with E-state index in [4.69, 9.17) is 133 Å². The number of methoxy groups -OCH3 is 20. The van der Waals surface area contributed by atoms with Gasteiger partial charge in [0.1, 0.15) is 63.7 Å². The van der Waals surface area contributed by atoms with E-state index in [1.54, 1.807) is 0 Å². The maximum absolute atomic E-state index is 13.9. The summed E-state index contributed by atoms with van der Waals surface area (Å²) in [5, 5.41) is 0. The van der Waals surface area contributed by atoms with Gasteiger partial charge in [-0.2, -0.15) is 0 Å². The third-order valence-corrected chi connectivity index (χ3v) is 18.2. The monoisotopic (exact) mass is 1700 g/mol. The van der Waals surface area contributed by atoms with Gasteiger partial charge in [-0.1, -0.05) is 0 Å². The van der Waals surface area contributed by atoms with Crippen molar-refractivity contribution >= 4 is 47.8 Å². The quantitative estimate of drug-likeness (QED) is 0.0253. The van der Waals surface area contributed by atoms with Gasteiger partial charge in [-0.15, -0.1) is 0 Å². The lowest BCUT2D eigenvalue weighted by Gasteiger charge is -2.32. The molecule has 122 heavy (non-hydrogen) atoms. The zero-order valence-corrected chi connectivity index (χ0v) is 70.9. The Morgan fingerprint density at radius 3 is 0.410 bits per heavy atom. The summed E-state index contributed by atoms with van der Waals surface area (Å²) >= 11 is 0. The second kappa shape index (κ2) is 45.5. The third-order valence-electron chi connectivity index (χ3n) is 18.2. The first kappa shape index (κ1) is 94.7. The van der Waals surface area contributed by atoms with Crippen molar-refractivity contribution in [2.24, 2.45) is 10.8 Å². The molecule has 0 bridgehead atoms. The lowest BCUT2D eigenvalue weighted by Crippen LogP contribution is -2.44. The molecule has 0 spiro atoms. The topological polar surface area (TPSA) is 395 Å². The van der Waals surface area contributed by atoms with Crippen molar-refractivity contribution in [3.05, 3.63) is 166 Å². The molecule has 0 amide bonds. The van der Waals surface area contributed by atoms with Gasteiger partial charge < -0.3 is 133 Å². The summed E-state index contributed by atoms with van der Waals surface area (Å²) in [5.41, 5.74) is -3.43. The highest BCUT2D eigenvalue weighted by Crippen LogP contribution is 2.44. The Hall–Kier alpha value is -14.5. The normalized spacial score (nSPS) is 10.7. The van der Waals surface area contributed by atoms with Gasteiger partial charge >= 0.3 is 47.8 Å². The van der Waals surface area contributed by atoms with E-state index in [0.29, 0.717) is 23.0 Å². The van der Waals surface area contributed by atoms with Crippen molar-refractivity contribution in [3.8, 4) is 115 Å². The summed E-state index contributed by atoms with van der Waals surface area (Å²) in [6.07, 6.45) is 0. The molecule has 8 aromatic carbocycles. The van der Waals surface area contributed by atoms with Crippen LogP contribution in [-0.2, 0) is 37.9 Å². The molecule has 0 saturated carbocycles. The van der Waals surface area contributed by atoms with E-state index < -0.39 is 111 Å². The van der Waals surface area contributed by atoms with Crippen LogP contribution < -0.4 is 94.7 Å². The number of carbonyl (C=O) groups excluding carboxylic acids is 8. The van der Waals surface area contributed by atoms with Gasteiger partial charge in [0.15, 0.2) is 92.0 Å². The zero-order valence-electron chi connectivity index (χ0n) is 70.9. The Morgan fingerprint density at radius 1 is 0.164 bits per heavy atom. The number of hydrogen-bond acceptors (Lipinski definition) is 36. The second-order valence-corrected chi connectivity index (χ2v) is 25.5. The van der Waals surface area contributed by atoms with Gasteiger partial charge in [-0.25, -0.2) is 38.4 Å². The van der Waals surface area contributed by atoms with E-state index in [1.165, 1.54) is 264 Å². The molecule has 0 N–H and O–H groups in total. The van der Waals surface area contributed by atoms with Crippen molar-refractivity contribution < 1.29 is 171 Å². The van der Waals surface area contributed by atoms with Crippen LogP contribution in [0.25, 0.3) is 0 Å². The first-order chi connectivity index (χ1) is 58.8. The Labute approximate surface area is 702 Å². The summed E-state index contributed by atoms with van der Waals surface area (Å²) in [4.78, 5) is 110. The van der Waals surface area contributed by atoms with Gasteiger partial charge in [0.25, 0.3) is 0 Å². The number of rotatable bonds is 44. The lowest BCUT2D eigenvalue weighted by molar-refractivity contribution is -0.0657. The summed E-state index contributed by atoms with van der Waals surface area (Å²) in [6.45, 7) is -5.14. The van der Waals surface area contributed by atoms with E-state index >= 15 is 0 Å². The second-order valence-electron chi connectivity index (χ2n) is 25.5. The van der Waals surface area contributed by atoms with E-state index in [-0.39, 0.29) is 136 Å². The number of esters is 8. The summed E-state index contributed by atoms with van der Waals surface area (Å²) in [7, 11) is 27.9. The Balaban J connectivity index is 0.000000339. The molecule has 656 valence electrons. The van der Waals surface area contributed by atoms with Crippen LogP contribution in [0.5, 0.6) is 115 Å². The van der Waals surface area contributed by atoms with Gasteiger partial charge in [0.2, 0.25) is 23.0 Å². The average molecular weight is 1710 g/mol. The zero-order chi connectivity index (χ0) is 89.4. The maximum Gasteiger partial charge on any atom is 0.338 e. The van der Waals surface area contributed by atoms with Crippen LogP contribution in [0.2, 0.25) is 0 Å². The van der Waals surface area contributed by atoms with Crippen molar-refractivity contribution in [3.63, 3.8) is 0 Å². The molecule has 0 atom stereocenters. The average Bonchev–Trinajstić information content (AvgIpc) is 0.818. The molecule has 36 heteroatoms. The van der Waals surface area contributed by atoms with Crippen LogP contribution in [-0.4, -0.2) is 243 Å². The van der Waals surface area contributed by atoms with E-state index in [1.807, 2.05) is 0 Å². The molecule has 0 unspecified atom stereocenters. The molecule has 0 saturated heterocycles. The molecule has 0 aliphatic heterocycles. The van der Waals surface area contributed by atoms with E-state index in [2.05, 4.69) is 0 Å². The minimum absolute atomic E-state index is 0.0494. The summed E-state index contributed by atoms with van der Waals surface area (Å²) < 4.78 is 154. The fraction of sp³-hybridized carbons (Fsp3) is 0.349. The predicted octanol–water partition coefficient (Wildman–Crippen LogP) is 11.0. The first-order valence-corrected chi connectivity index (χ1v) is 36.2. The van der Waals surface area contributed by atoms with Crippen LogP contribution >= 0.6 is 0 Å². The van der Waals surface area contributed by atoms with E-state index in [0.717, 1.165) is 0 Å². The highest BCUT2D eigenvalue weighted by atomic mass is 16.6. The van der Waals surface area contributed by atoms with E-state index in [9.17, 15) is 38.4 Å². The molecular formula is C86H96O36. The third kappa shape index (κ3) is 23.5. The predicted molar refractivity (Wildman–Crippen MR) is 430 cm³/mol. The first-order valence-electron chi connectivity index (χ1n) is 36.2. The fourth-order valence-corrected chi connectivity index (χ4v) is 11.6. The SMILES string of the molecule is COc1cc(C(=O)OCC(COC(=O)c2cc(OC)c(OC)c(OC)c2)(COC(=O)c2cc(OC)c(OC)c(OC)c2)COC(=O)c2cc(OC)c(OC)c(OC)c2)cc(OC)c1OC.COc1ccc(C(=O)OCC(COC(=O)c2ccc(OC)c(OC)c2)(COC(=O)c2ccc(OC)c(OC)c2)COC(=O)c2ccc(OC)c(OC)c2)cc1OC. The van der Waals surface area contributed by atoms with Crippen LogP contribution in [0.1, 0.15) is 82.9 Å². The van der Waals surface area contributed by atoms with Gasteiger partial charge in [-0.3, -0.25) is 0 Å². The van der Waals surface area contributed by atoms with Crippen molar-refractivity contribution in [1.82, 2.24) is 0 Å². The van der Waals surface area contributed by atoms with Gasteiger partial charge in [0, 0.05) is 0 Å². The molecular weight excluding hydrogens is 1610 g/mol. The maximum atomic E-state index is 13.9. The Kier molecular flexibility index (Phi) is 35.3. The summed E-state index contributed by atoms with van der Waals surface area (Å²) in [5.74, 6) is -2.58. The molecule has 36 nitrogen and oxygen atoms in total. The van der Waals surface area contributed by atoms with Crippen molar-refractivity contribution in [2.75, 3.05) is 195 Å². The molecule has 0 radical (unpaired) electrons. The fourth-order valence-electron chi connectivity index (χ4n) is 11.6. The molecule has 0 aliphatic rings. The molecule has 0 aliphatic carbocycles. The molecule has 8 aromatic rings. The number of carbonyl (C=O) groups is 8. The van der Waals surface area contributed by atoms with Crippen LogP contribution in [0.15, 0.2) is 121 Å². The largest absolute Gasteiger partial charge is 0.493 e. The number of ether oxygens (including phenoxy) is 28. The minimum atomic E-state index is -1.85. The lowest BCUT2D eigenvalue weighted by atomic mass is 9.91. The highest BCUT2D eigenvalue weighted by Gasteiger charge is 2.42. The molecule has 8 rings (SSSR count). The van der Waals surface area contributed by atoms with Crippen molar-refractivity contribution in [1.29, 1.82) is 0 Å². The Morgan fingerprint density at radius 2 is 0.287 bits per heavy atom. The standard InChI is InChI=1S/C45H52O20.C41H44O16/c1-50-29-13-25(14-30(51-2)37(29)58-9)41(46)62-21-45(22-63-42(47)26-15-31(52-3)38(59-10)32(16-26)53-4,23-64-43(48)27-17-33(54-5)39(60-11)34(18-27)55-6)24-65-44(49)28-19-35(56-7)40(61-12)36(20-28)57-8;1-46-29-13-9-25(17-33(29)50-5)37(42)54-21-41(22-55-38(43)26-10-14-30(47-2)34(18-26)51-6,23-56-39(44)27-11-15-31(48-3)35(19-27)52-7)24-57-40(45)28-12-16-32(49-4)36(20-28)53-8/h13-20H,21-24H2,1-12H3;9-20H,21-24H2,1-8H3. The molecule has 0 fully saturated rings. The number of hydrogen-bond donors (Lipinski definition) is 0. The smallest absolute Gasteiger partial charge is 0.338 e. The van der Waals surface area contributed by atoms with Crippen LogP contribution in [0, 0.1) is 10.8 Å². The minimum Gasteiger partial charge on any atom is -0.493 e. The molecule has 0 heterocycles. The molecule has 0 aromatic heterocycles. The Bertz CT molecular complexity index is 4260. The van der Waals surface area contributed by atoms with Gasteiger partial charge in [-0.05, 0) is 121 Å². The van der Waals surface area contributed by atoms with Crippen LogP contribution in [0.4, 0.5) is 0 Å². The highest BCUT2D eigenvalue weighted by molar-refractivity contribution is 5.95. The van der Waals surface area contributed by atoms with Crippen LogP contribution in [0.3, 0.4) is 0 Å². The summed E-state index contributed by atoms with van der Waals surface area (Å²) in [6, 6.07) is 28.3. The van der Waals surface area contributed by atoms with Gasteiger partial charge in [0.05, 0.1) is 187 Å². The number of benzene rings is 8. The van der Waals surface area contributed by atoms with Crippen molar-refractivity contribution in [2.45, 2.75) is 0 Å².